The minimum Gasteiger partial charge on any atom is -0.454 e. The molecule has 0 unspecified atom stereocenters. The highest BCUT2D eigenvalue weighted by Crippen LogP contribution is 2.32. The number of fused-ring (bicyclic) bond motifs is 1. The number of rotatable bonds is 7. The van der Waals surface area contributed by atoms with Gasteiger partial charge in [0.2, 0.25) is 12.7 Å². The second-order valence-corrected chi connectivity index (χ2v) is 8.24. The molecule has 0 atom stereocenters. The van der Waals surface area contributed by atoms with E-state index in [1.54, 1.807) is 18.2 Å². The van der Waals surface area contributed by atoms with Gasteiger partial charge >= 0.3 is 0 Å². The zero-order chi connectivity index (χ0) is 20.1. The third-order valence-corrected chi connectivity index (χ3v) is 6.31. The van der Waals surface area contributed by atoms with Crippen molar-refractivity contribution in [2.75, 3.05) is 46.1 Å². The average molecular weight is 402 g/mol. The van der Waals surface area contributed by atoms with Gasteiger partial charge in [-0.05, 0) is 30.5 Å². The molecule has 0 radical (unpaired) electrons. The Bertz CT molecular complexity index is 725. The molecular formula is C22H31N3O4. The topological polar surface area (TPSA) is 71.1 Å². The van der Waals surface area contributed by atoms with Crippen molar-refractivity contribution in [3.05, 3.63) is 23.8 Å². The van der Waals surface area contributed by atoms with Gasteiger partial charge in [0.1, 0.15) is 0 Å². The van der Waals surface area contributed by atoms with Crippen LogP contribution in [-0.2, 0) is 4.79 Å². The lowest BCUT2D eigenvalue weighted by atomic mass is 10.0. The molecule has 2 aliphatic heterocycles. The number of hydrogen-bond acceptors (Lipinski definition) is 5. The normalized spacial score (nSPS) is 19.5. The van der Waals surface area contributed by atoms with E-state index >= 15 is 0 Å². The van der Waals surface area contributed by atoms with Gasteiger partial charge in [0.15, 0.2) is 11.5 Å². The van der Waals surface area contributed by atoms with E-state index in [0.29, 0.717) is 35.9 Å². The predicted molar refractivity (Wildman–Crippen MR) is 109 cm³/mol. The van der Waals surface area contributed by atoms with Crippen LogP contribution in [0, 0.1) is 5.92 Å². The number of ether oxygens (including phenoxy) is 2. The zero-order valence-corrected chi connectivity index (χ0v) is 17.0. The molecule has 1 saturated carbocycles. The van der Waals surface area contributed by atoms with Crippen LogP contribution >= 0.6 is 0 Å². The van der Waals surface area contributed by atoms with Gasteiger partial charge in [0.25, 0.3) is 5.91 Å². The van der Waals surface area contributed by atoms with Crippen LogP contribution in [0.2, 0.25) is 0 Å². The summed E-state index contributed by atoms with van der Waals surface area (Å²) in [5.74, 6) is 2.27. The Kier molecular flexibility index (Phi) is 6.54. The lowest BCUT2D eigenvalue weighted by Crippen LogP contribution is -2.50. The van der Waals surface area contributed by atoms with E-state index in [1.165, 1.54) is 25.7 Å². The van der Waals surface area contributed by atoms with E-state index in [4.69, 9.17) is 9.47 Å². The number of carbonyl (C=O) groups excluding carboxylic acids is 2. The van der Waals surface area contributed by atoms with Gasteiger partial charge in [-0.3, -0.25) is 14.5 Å². The summed E-state index contributed by atoms with van der Waals surface area (Å²) in [6.07, 6.45) is 7.05. The molecule has 1 aliphatic carbocycles. The molecule has 3 aliphatic rings. The van der Waals surface area contributed by atoms with Crippen molar-refractivity contribution in [1.29, 1.82) is 0 Å². The fraction of sp³-hybridized carbons (Fsp3) is 0.636. The first-order valence-electron chi connectivity index (χ1n) is 10.9. The number of amides is 2. The van der Waals surface area contributed by atoms with Crippen LogP contribution in [0.4, 0.5) is 0 Å². The smallest absolute Gasteiger partial charge is 0.251 e. The molecule has 7 heteroatoms. The van der Waals surface area contributed by atoms with E-state index in [9.17, 15) is 9.59 Å². The molecule has 0 bridgehead atoms. The summed E-state index contributed by atoms with van der Waals surface area (Å²) in [6.45, 7) is 4.90. The zero-order valence-electron chi connectivity index (χ0n) is 17.0. The van der Waals surface area contributed by atoms with Crippen LogP contribution in [0.15, 0.2) is 18.2 Å². The maximum Gasteiger partial charge on any atom is 0.251 e. The molecule has 2 amide bonds. The summed E-state index contributed by atoms with van der Waals surface area (Å²) < 4.78 is 10.6. The molecule has 1 saturated heterocycles. The Balaban J connectivity index is 1.13. The molecule has 1 aromatic rings. The van der Waals surface area contributed by atoms with Crippen LogP contribution in [0.3, 0.4) is 0 Å². The standard InChI is InChI=1S/C22H31N3O4/c26-21(8-5-17-3-1-2-4-17)25-13-11-24(12-14-25)10-9-23-22(27)18-6-7-19-20(15-18)29-16-28-19/h6-7,15,17H,1-5,8-14,16H2,(H,23,27). The fourth-order valence-electron chi connectivity index (χ4n) is 4.47. The highest BCUT2D eigenvalue weighted by Gasteiger charge is 2.23. The van der Waals surface area contributed by atoms with E-state index in [-0.39, 0.29) is 12.7 Å². The molecule has 29 heavy (non-hydrogen) atoms. The Morgan fingerprint density at radius 3 is 2.59 bits per heavy atom. The van der Waals surface area contributed by atoms with Crippen molar-refractivity contribution >= 4 is 11.8 Å². The fourth-order valence-corrected chi connectivity index (χ4v) is 4.47. The Labute approximate surface area is 172 Å². The number of nitrogens with one attached hydrogen (secondary N) is 1. The quantitative estimate of drug-likeness (QED) is 0.759. The first-order chi connectivity index (χ1) is 14.2. The first kappa shape index (κ1) is 20.0. The third-order valence-electron chi connectivity index (χ3n) is 6.31. The molecule has 0 aromatic heterocycles. The predicted octanol–water partition coefficient (Wildman–Crippen LogP) is 2.26. The molecule has 7 nitrogen and oxygen atoms in total. The van der Waals surface area contributed by atoms with Gasteiger partial charge in [-0.25, -0.2) is 0 Å². The van der Waals surface area contributed by atoms with Gasteiger partial charge < -0.3 is 19.7 Å². The van der Waals surface area contributed by atoms with Crippen LogP contribution in [0.5, 0.6) is 11.5 Å². The van der Waals surface area contributed by atoms with Crippen LogP contribution < -0.4 is 14.8 Å². The second kappa shape index (κ2) is 9.48. The number of hydrogen-bond donors (Lipinski definition) is 1. The summed E-state index contributed by atoms with van der Waals surface area (Å²) >= 11 is 0. The highest BCUT2D eigenvalue weighted by molar-refractivity contribution is 5.94. The Hall–Kier alpha value is -2.28. The first-order valence-corrected chi connectivity index (χ1v) is 10.9. The summed E-state index contributed by atoms with van der Waals surface area (Å²) in [6, 6.07) is 5.23. The third kappa shape index (κ3) is 5.21. The number of benzene rings is 1. The minimum absolute atomic E-state index is 0.107. The second-order valence-electron chi connectivity index (χ2n) is 8.24. The molecule has 4 rings (SSSR count). The molecule has 2 fully saturated rings. The van der Waals surface area contributed by atoms with Crippen LogP contribution in [0.1, 0.15) is 48.9 Å². The maximum absolute atomic E-state index is 12.4. The van der Waals surface area contributed by atoms with Crippen molar-refractivity contribution in [3.8, 4) is 11.5 Å². The monoisotopic (exact) mass is 401 g/mol. The van der Waals surface area contributed by atoms with Gasteiger partial charge in [-0.2, -0.15) is 0 Å². The minimum atomic E-state index is -0.107. The van der Waals surface area contributed by atoms with E-state index < -0.39 is 0 Å². The maximum atomic E-state index is 12.4. The molecule has 1 aromatic carbocycles. The van der Waals surface area contributed by atoms with E-state index in [2.05, 4.69) is 10.2 Å². The molecular weight excluding hydrogens is 370 g/mol. The molecule has 2 heterocycles. The number of carbonyl (C=O) groups is 2. The van der Waals surface area contributed by atoms with Crippen molar-refractivity contribution in [2.45, 2.75) is 38.5 Å². The molecule has 158 valence electrons. The van der Waals surface area contributed by atoms with Crippen molar-refractivity contribution < 1.29 is 19.1 Å². The van der Waals surface area contributed by atoms with Crippen LogP contribution in [-0.4, -0.2) is 67.7 Å². The van der Waals surface area contributed by atoms with E-state index in [1.807, 2.05) is 4.90 Å². The Morgan fingerprint density at radius 2 is 1.79 bits per heavy atom. The SMILES string of the molecule is O=C(NCCN1CCN(C(=O)CCC2CCCC2)CC1)c1ccc2c(c1)OCO2. The lowest BCUT2D eigenvalue weighted by Gasteiger charge is -2.35. The van der Waals surface area contributed by atoms with Crippen molar-refractivity contribution in [1.82, 2.24) is 15.1 Å². The summed E-state index contributed by atoms with van der Waals surface area (Å²) in [7, 11) is 0. The van der Waals surface area contributed by atoms with Gasteiger partial charge in [-0.1, -0.05) is 25.7 Å². The number of nitrogens with zero attached hydrogens (tertiary/aromatic N) is 2. The van der Waals surface area contributed by atoms with Gasteiger partial charge in [-0.15, -0.1) is 0 Å². The van der Waals surface area contributed by atoms with E-state index in [0.717, 1.165) is 45.1 Å². The van der Waals surface area contributed by atoms with Gasteiger partial charge in [0.05, 0.1) is 0 Å². The summed E-state index contributed by atoms with van der Waals surface area (Å²) in [5, 5.41) is 2.97. The summed E-state index contributed by atoms with van der Waals surface area (Å²) in [5.41, 5.74) is 0.576. The Morgan fingerprint density at radius 1 is 1.03 bits per heavy atom. The molecule has 1 N–H and O–H groups in total. The highest BCUT2D eigenvalue weighted by atomic mass is 16.7. The van der Waals surface area contributed by atoms with Crippen LogP contribution in [0.25, 0.3) is 0 Å². The lowest BCUT2D eigenvalue weighted by molar-refractivity contribution is -0.133. The number of piperazine rings is 1. The van der Waals surface area contributed by atoms with Gasteiger partial charge in [0, 0.05) is 51.3 Å². The van der Waals surface area contributed by atoms with Crippen molar-refractivity contribution in [3.63, 3.8) is 0 Å². The summed E-state index contributed by atoms with van der Waals surface area (Å²) in [4.78, 5) is 29.1. The average Bonchev–Trinajstić information content (AvgIpc) is 3.43. The largest absolute Gasteiger partial charge is 0.454 e. The van der Waals surface area contributed by atoms with Crippen molar-refractivity contribution in [2.24, 2.45) is 5.92 Å². The molecule has 0 spiro atoms.